The van der Waals surface area contributed by atoms with Gasteiger partial charge in [0.15, 0.2) is 0 Å². The van der Waals surface area contributed by atoms with Crippen molar-refractivity contribution in [3.63, 3.8) is 0 Å². The van der Waals surface area contributed by atoms with E-state index in [9.17, 15) is 9.18 Å². The maximum Gasteiger partial charge on any atom is 0.237 e. The number of hydrogen-bond donors (Lipinski definition) is 1. The van der Waals surface area contributed by atoms with E-state index in [-0.39, 0.29) is 16.8 Å². The first-order valence-electron chi connectivity index (χ1n) is 7.47. The molecule has 0 radical (unpaired) electrons. The van der Waals surface area contributed by atoms with Gasteiger partial charge >= 0.3 is 0 Å². The second-order valence-electron chi connectivity index (χ2n) is 5.22. The molecule has 0 bridgehead atoms. The molecular formula is C18H19BrFNOS. The Kier molecular flexibility index (Phi) is 7.12. The Bertz CT molecular complexity index is 651. The molecule has 0 aliphatic carbocycles. The summed E-state index contributed by atoms with van der Waals surface area (Å²) in [6, 6.07) is 14.9. The summed E-state index contributed by atoms with van der Waals surface area (Å²) in [5, 5.41) is 2.43. The van der Waals surface area contributed by atoms with E-state index in [1.165, 1.54) is 11.6 Å². The monoisotopic (exact) mass is 395 g/mol. The van der Waals surface area contributed by atoms with E-state index >= 15 is 0 Å². The van der Waals surface area contributed by atoms with E-state index < -0.39 is 5.82 Å². The number of anilines is 1. The van der Waals surface area contributed by atoms with Gasteiger partial charge in [-0.3, -0.25) is 4.79 Å². The predicted octanol–water partition coefficient (Wildman–Crippen LogP) is 5.28. The summed E-state index contributed by atoms with van der Waals surface area (Å²) >= 11 is 4.78. The minimum Gasteiger partial charge on any atom is -0.323 e. The van der Waals surface area contributed by atoms with Gasteiger partial charge in [0.2, 0.25) is 5.91 Å². The zero-order valence-corrected chi connectivity index (χ0v) is 15.3. The van der Waals surface area contributed by atoms with Crippen LogP contribution in [0.4, 0.5) is 10.1 Å². The molecule has 0 saturated carbocycles. The van der Waals surface area contributed by atoms with Gasteiger partial charge in [-0.25, -0.2) is 4.39 Å². The molecule has 0 aromatic heterocycles. The van der Waals surface area contributed by atoms with Crippen LogP contribution < -0.4 is 5.32 Å². The van der Waals surface area contributed by atoms with Crippen LogP contribution in [0.25, 0.3) is 0 Å². The molecule has 0 heterocycles. The molecule has 1 atom stereocenters. The van der Waals surface area contributed by atoms with Crippen molar-refractivity contribution in [2.24, 2.45) is 0 Å². The molecule has 5 heteroatoms. The summed E-state index contributed by atoms with van der Waals surface area (Å²) in [5.74, 6) is 0.289. The summed E-state index contributed by atoms with van der Waals surface area (Å²) < 4.78 is 14.4. The van der Waals surface area contributed by atoms with Gasteiger partial charge in [0.1, 0.15) is 5.82 Å². The van der Waals surface area contributed by atoms with Crippen molar-refractivity contribution in [2.45, 2.75) is 25.0 Å². The zero-order valence-electron chi connectivity index (χ0n) is 12.9. The summed E-state index contributed by atoms with van der Waals surface area (Å²) in [5.41, 5.74) is 1.53. The van der Waals surface area contributed by atoms with Crippen LogP contribution in [0.5, 0.6) is 0 Å². The van der Waals surface area contributed by atoms with Crippen LogP contribution in [0.2, 0.25) is 0 Å². The standard InChI is InChI=1S/C18H19BrFNOS/c1-13(23-11-5-8-14-6-3-2-4-7-14)18(22)21-17-10-9-15(19)12-16(17)20/h2-4,6-7,9-10,12-13H,5,8,11H2,1H3,(H,21,22)/t13-/m1/s1. The fourth-order valence-corrected chi connectivity index (χ4v) is 3.29. The van der Waals surface area contributed by atoms with Crippen LogP contribution in [-0.2, 0) is 11.2 Å². The second-order valence-corrected chi connectivity index (χ2v) is 7.58. The first-order chi connectivity index (χ1) is 11.1. The molecule has 2 aromatic rings. The molecular weight excluding hydrogens is 377 g/mol. The number of benzene rings is 2. The number of carbonyl (C=O) groups excluding carboxylic acids is 1. The predicted molar refractivity (Wildman–Crippen MR) is 99.4 cm³/mol. The summed E-state index contributed by atoms with van der Waals surface area (Å²) in [4.78, 5) is 12.1. The van der Waals surface area contributed by atoms with Gasteiger partial charge in [-0.05, 0) is 49.3 Å². The lowest BCUT2D eigenvalue weighted by Crippen LogP contribution is -2.23. The minimum atomic E-state index is -0.436. The Morgan fingerprint density at radius 1 is 1.26 bits per heavy atom. The Morgan fingerprint density at radius 3 is 2.70 bits per heavy atom. The maximum absolute atomic E-state index is 13.7. The Balaban J connectivity index is 1.74. The van der Waals surface area contributed by atoms with Crippen LogP contribution in [-0.4, -0.2) is 16.9 Å². The number of halogens is 2. The van der Waals surface area contributed by atoms with E-state index in [0.717, 1.165) is 18.6 Å². The summed E-state index contributed by atoms with van der Waals surface area (Å²) in [6.45, 7) is 1.85. The van der Waals surface area contributed by atoms with Crippen molar-refractivity contribution in [2.75, 3.05) is 11.1 Å². The number of carbonyl (C=O) groups is 1. The molecule has 122 valence electrons. The lowest BCUT2D eigenvalue weighted by molar-refractivity contribution is -0.115. The van der Waals surface area contributed by atoms with E-state index in [1.807, 2.05) is 25.1 Å². The Labute approximate surface area is 149 Å². The fraction of sp³-hybridized carbons (Fsp3) is 0.278. The number of thioether (sulfide) groups is 1. The summed E-state index contributed by atoms with van der Waals surface area (Å²) in [6.07, 6.45) is 2.02. The molecule has 1 N–H and O–H groups in total. The van der Waals surface area contributed by atoms with Crippen molar-refractivity contribution < 1.29 is 9.18 Å². The first-order valence-corrected chi connectivity index (χ1v) is 9.32. The molecule has 2 nitrogen and oxygen atoms in total. The van der Waals surface area contributed by atoms with Crippen molar-refractivity contribution in [3.05, 3.63) is 64.4 Å². The van der Waals surface area contributed by atoms with Gasteiger partial charge < -0.3 is 5.32 Å². The number of nitrogens with one attached hydrogen (secondary N) is 1. The highest BCUT2D eigenvalue weighted by Crippen LogP contribution is 2.21. The smallest absolute Gasteiger partial charge is 0.237 e. The van der Waals surface area contributed by atoms with Crippen LogP contribution in [0, 0.1) is 5.82 Å². The van der Waals surface area contributed by atoms with Crippen molar-refractivity contribution in [3.8, 4) is 0 Å². The van der Waals surface area contributed by atoms with Gasteiger partial charge in [-0.2, -0.15) is 0 Å². The molecule has 23 heavy (non-hydrogen) atoms. The molecule has 0 fully saturated rings. The third kappa shape index (κ3) is 5.99. The molecule has 0 spiro atoms. The van der Waals surface area contributed by atoms with E-state index in [2.05, 4.69) is 33.4 Å². The SMILES string of the molecule is C[C@@H](SCCCc1ccccc1)C(=O)Nc1ccc(Br)cc1F. The van der Waals surface area contributed by atoms with Gasteiger partial charge in [0.05, 0.1) is 10.9 Å². The highest BCUT2D eigenvalue weighted by Gasteiger charge is 2.15. The quantitative estimate of drug-likeness (QED) is 0.645. The van der Waals surface area contributed by atoms with Crippen LogP contribution in [0.15, 0.2) is 53.0 Å². The third-order valence-corrected chi connectivity index (χ3v) is 5.11. The minimum absolute atomic E-state index is 0.170. The number of hydrogen-bond acceptors (Lipinski definition) is 2. The fourth-order valence-electron chi connectivity index (χ4n) is 2.08. The Hall–Kier alpha value is -1.33. The van der Waals surface area contributed by atoms with Crippen LogP contribution in [0.1, 0.15) is 18.9 Å². The summed E-state index contributed by atoms with van der Waals surface area (Å²) in [7, 11) is 0. The van der Waals surface area contributed by atoms with Gasteiger partial charge in [-0.1, -0.05) is 46.3 Å². The van der Waals surface area contributed by atoms with Crippen LogP contribution >= 0.6 is 27.7 Å². The average Bonchev–Trinajstić information content (AvgIpc) is 2.55. The maximum atomic E-state index is 13.7. The lowest BCUT2D eigenvalue weighted by atomic mass is 10.1. The van der Waals surface area contributed by atoms with E-state index in [0.29, 0.717) is 4.47 Å². The van der Waals surface area contributed by atoms with Crippen molar-refractivity contribution >= 4 is 39.3 Å². The average molecular weight is 396 g/mol. The third-order valence-electron chi connectivity index (χ3n) is 3.38. The van der Waals surface area contributed by atoms with Crippen molar-refractivity contribution in [1.82, 2.24) is 0 Å². The molecule has 1 amide bonds. The molecule has 2 rings (SSSR count). The normalized spacial score (nSPS) is 12.0. The number of rotatable bonds is 7. The number of amides is 1. The Morgan fingerprint density at radius 2 is 2.00 bits per heavy atom. The van der Waals surface area contributed by atoms with Gasteiger partial charge in [0.25, 0.3) is 0 Å². The molecule has 0 aliphatic rings. The highest BCUT2D eigenvalue weighted by molar-refractivity contribution is 9.10. The van der Waals surface area contributed by atoms with E-state index in [4.69, 9.17) is 0 Å². The number of aryl methyl sites for hydroxylation is 1. The molecule has 0 unspecified atom stereocenters. The van der Waals surface area contributed by atoms with Crippen molar-refractivity contribution in [1.29, 1.82) is 0 Å². The first kappa shape index (κ1) is 18.0. The van der Waals surface area contributed by atoms with Gasteiger partial charge in [-0.15, -0.1) is 11.8 Å². The zero-order chi connectivity index (χ0) is 16.7. The van der Waals surface area contributed by atoms with Crippen LogP contribution in [0.3, 0.4) is 0 Å². The largest absolute Gasteiger partial charge is 0.323 e. The van der Waals surface area contributed by atoms with Gasteiger partial charge in [0, 0.05) is 4.47 Å². The highest BCUT2D eigenvalue weighted by atomic mass is 79.9. The lowest BCUT2D eigenvalue weighted by Gasteiger charge is -2.12. The molecule has 0 saturated heterocycles. The second kappa shape index (κ2) is 9.08. The topological polar surface area (TPSA) is 29.1 Å². The molecule has 0 aliphatic heterocycles. The molecule has 2 aromatic carbocycles. The van der Waals surface area contributed by atoms with E-state index in [1.54, 1.807) is 23.9 Å².